The van der Waals surface area contributed by atoms with E-state index in [1.807, 2.05) is 25.9 Å². The van der Waals surface area contributed by atoms with E-state index in [-0.39, 0.29) is 16.8 Å². The molecule has 1 saturated heterocycles. The number of fused-ring (bicyclic) bond motifs is 1. The van der Waals surface area contributed by atoms with Crippen molar-refractivity contribution in [2.45, 2.75) is 31.6 Å². The number of aryl methyl sites for hydroxylation is 1. The summed E-state index contributed by atoms with van der Waals surface area (Å²) in [5.41, 5.74) is 1.31. The van der Waals surface area contributed by atoms with E-state index in [1.165, 1.54) is 16.5 Å². The summed E-state index contributed by atoms with van der Waals surface area (Å²) >= 11 is 0. The van der Waals surface area contributed by atoms with Crippen LogP contribution in [0.2, 0.25) is 0 Å². The Morgan fingerprint density at radius 1 is 1.16 bits per heavy atom. The fourth-order valence-electron chi connectivity index (χ4n) is 3.99. The molecule has 0 bridgehead atoms. The Labute approximate surface area is 187 Å². The van der Waals surface area contributed by atoms with Gasteiger partial charge < -0.3 is 4.74 Å². The number of benzene rings is 1. The largest absolute Gasteiger partial charge is 0.466 e. The van der Waals surface area contributed by atoms with Gasteiger partial charge in [0.15, 0.2) is 11.5 Å². The van der Waals surface area contributed by atoms with Crippen LogP contribution in [-0.4, -0.2) is 60.1 Å². The van der Waals surface area contributed by atoms with Gasteiger partial charge in [0.1, 0.15) is 6.33 Å². The van der Waals surface area contributed by atoms with Crippen LogP contribution in [-0.2, 0) is 19.6 Å². The summed E-state index contributed by atoms with van der Waals surface area (Å²) in [4.78, 5) is 20.9. The number of anilines is 1. The number of rotatable bonds is 6. The van der Waals surface area contributed by atoms with E-state index in [4.69, 9.17) is 4.74 Å². The summed E-state index contributed by atoms with van der Waals surface area (Å²) in [5.74, 6) is 0.380. The van der Waals surface area contributed by atoms with E-state index in [0.717, 1.165) is 5.56 Å². The standard InChI is InChI=1S/C22H27N5O4S/c1-4-31-22(28)17-9-12-26(13-10-17)25(3)20-19-11-14-27(21(19)24-15-23-20)32(29,30)18-7-5-16(2)6-8-18/h5-8,11,14-15,17H,4,9-10,12-13H2,1-3H3. The van der Waals surface area contributed by atoms with Gasteiger partial charge in [0.25, 0.3) is 10.0 Å². The van der Waals surface area contributed by atoms with Gasteiger partial charge >= 0.3 is 5.97 Å². The number of carbonyl (C=O) groups excluding carboxylic acids is 1. The number of aromatic nitrogens is 3. The lowest BCUT2D eigenvalue weighted by molar-refractivity contribution is -0.149. The van der Waals surface area contributed by atoms with Crippen LogP contribution in [0, 0.1) is 12.8 Å². The molecule has 9 nitrogen and oxygen atoms in total. The molecule has 0 aliphatic carbocycles. The highest BCUT2D eigenvalue weighted by Crippen LogP contribution is 2.29. The molecule has 1 fully saturated rings. The fraction of sp³-hybridized carbons (Fsp3) is 0.409. The quantitative estimate of drug-likeness (QED) is 0.521. The average molecular weight is 458 g/mol. The van der Waals surface area contributed by atoms with Gasteiger partial charge in [-0.25, -0.2) is 27.4 Å². The second kappa shape index (κ2) is 8.87. The van der Waals surface area contributed by atoms with Crippen molar-refractivity contribution in [2.24, 2.45) is 5.92 Å². The van der Waals surface area contributed by atoms with E-state index >= 15 is 0 Å². The van der Waals surface area contributed by atoms with Crippen LogP contribution < -0.4 is 5.01 Å². The number of ether oxygens (including phenoxy) is 1. The van der Waals surface area contributed by atoms with E-state index in [1.54, 1.807) is 30.3 Å². The van der Waals surface area contributed by atoms with E-state index < -0.39 is 10.0 Å². The molecular formula is C22H27N5O4S. The maximum absolute atomic E-state index is 13.2. The van der Waals surface area contributed by atoms with Crippen molar-refractivity contribution in [1.29, 1.82) is 0 Å². The van der Waals surface area contributed by atoms with Crippen molar-refractivity contribution in [1.82, 2.24) is 18.9 Å². The van der Waals surface area contributed by atoms with Crippen molar-refractivity contribution >= 4 is 32.8 Å². The molecule has 0 radical (unpaired) electrons. The molecule has 1 aromatic carbocycles. The number of esters is 1. The van der Waals surface area contributed by atoms with Gasteiger partial charge in [-0.15, -0.1) is 0 Å². The second-order valence-electron chi connectivity index (χ2n) is 7.87. The zero-order valence-corrected chi connectivity index (χ0v) is 19.2. The summed E-state index contributed by atoms with van der Waals surface area (Å²) in [6.07, 6.45) is 4.28. The SMILES string of the molecule is CCOC(=O)C1CCN(N(C)c2ncnc3c2ccn3S(=O)(=O)c2ccc(C)cc2)CC1. The molecule has 0 saturated carbocycles. The molecule has 0 spiro atoms. The zero-order valence-electron chi connectivity index (χ0n) is 18.4. The van der Waals surface area contributed by atoms with Crippen LogP contribution in [0.1, 0.15) is 25.3 Å². The van der Waals surface area contributed by atoms with Crippen molar-refractivity contribution in [3.8, 4) is 0 Å². The third kappa shape index (κ3) is 4.07. The summed E-state index contributed by atoms with van der Waals surface area (Å²) in [6.45, 7) is 5.46. The molecule has 2 aromatic heterocycles. The monoisotopic (exact) mass is 457 g/mol. The molecule has 10 heteroatoms. The number of hydrazine groups is 1. The molecule has 3 heterocycles. The number of hydrogen-bond donors (Lipinski definition) is 0. The molecular weight excluding hydrogens is 430 g/mol. The highest BCUT2D eigenvalue weighted by atomic mass is 32.2. The van der Waals surface area contributed by atoms with Gasteiger partial charge in [-0.05, 0) is 44.9 Å². The molecule has 0 N–H and O–H groups in total. The predicted octanol–water partition coefficient (Wildman–Crippen LogP) is 2.60. The van der Waals surface area contributed by atoms with Gasteiger partial charge in [-0.3, -0.25) is 9.80 Å². The lowest BCUT2D eigenvalue weighted by Gasteiger charge is -2.37. The highest BCUT2D eigenvalue weighted by molar-refractivity contribution is 7.90. The minimum Gasteiger partial charge on any atom is -0.466 e. The van der Waals surface area contributed by atoms with E-state index in [9.17, 15) is 13.2 Å². The van der Waals surface area contributed by atoms with Gasteiger partial charge in [-0.1, -0.05) is 17.7 Å². The minimum atomic E-state index is -3.79. The smallest absolute Gasteiger partial charge is 0.309 e. The lowest BCUT2D eigenvalue weighted by Crippen LogP contribution is -2.46. The molecule has 0 amide bonds. The molecule has 3 aromatic rings. The van der Waals surface area contributed by atoms with Crippen LogP contribution in [0.4, 0.5) is 5.82 Å². The van der Waals surface area contributed by atoms with Crippen LogP contribution in [0.25, 0.3) is 11.0 Å². The maximum Gasteiger partial charge on any atom is 0.309 e. The first-order chi connectivity index (χ1) is 15.3. The van der Waals surface area contributed by atoms with E-state index in [0.29, 0.717) is 49.4 Å². The average Bonchev–Trinajstić information content (AvgIpc) is 3.24. The van der Waals surface area contributed by atoms with E-state index in [2.05, 4.69) is 15.0 Å². The van der Waals surface area contributed by atoms with Crippen LogP contribution in [0.15, 0.2) is 47.8 Å². The number of piperidine rings is 1. The number of hydrogen-bond acceptors (Lipinski definition) is 8. The van der Waals surface area contributed by atoms with Gasteiger partial charge in [0, 0.05) is 26.3 Å². The topological polar surface area (TPSA) is 97.6 Å². The van der Waals surface area contributed by atoms with Crippen molar-refractivity contribution in [2.75, 3.05) is 31.8 Å². The zero-order chi connectivity index (χ0) is 22.9. The van der Waals surface area contributed by atoms with Crippen LogP contribution >= 0.6 is 0 Å². The summed E-state index contributed by atoms with van der Waals surface area (Å²) in [6, 6.07) is 8.45. The lowest BCUT2D eigenvalue weighted by atomic mass is 9.98. The molecule has 4 rings (SSSR count). The molecule has 32 heavy (non-hydrogen) atoms. The van der Waals surface area contributed by atoms with Crippen molar-refractivity contribution in [3.05, 3.63) is 48.4 Å². The molecule has 0 atom stereocenters. The number of nitrogens with zero attached hydrogens (tertiary/aromatic N) is 5. The third-order valence-electron chi connectivity index (χ3n) is 5.83. The number of carbonyl (C=O) groups is 1. The molecule has 1 aliphatic heterocycles. The van der Waals surface area contributed by atoms with Crippen molar-refractivity contribution in [3.63, 3.8) is 0 Å². The molecule has 1 aliphatic rings. The van der Waals surface area contributed by atoms with Crippen LogP contribution in [0.5, 0.6) is 0 Å². The Hall–Kier alpha value is -2.98. The predicted molar refractivity (Wildman–Crippen MR) is 121 cm³/mol. The molecule has 0 unspecified atom stereocenters. The van der Waals surface area contributed by atoms with Crippen LogP contribution in [0.3, 0.4) is 0 Å². The summed E-state index contributed by atoms with van der Waals surface area (Å²) in [7, 11) is -1.90. The summed E-state index contributed by atoms with van der Waals surface area (Å²) in [5, 5.41) is 4.65. The highest BCUT2D eigenvalue weighted by Gasteiger charge is 2.29. The van der Waals surface area contributed by atoms with Gasteiger partial charge in [0.05, 0.1) is 22.8 Å². The first-order valence-corrected chi connectivity index (χ1v) is 12.1. The van der Waals surface area contributed by atoms with Crippen molar-refractivity contribution < 1.29 is 17.9 Å². The van der Waals surface area contributed by atoms with Gasteiger partial charge in [0.2, 0.25) is 0 Å². The Balaban J connectivity index is 1.60. The Morgan fingerprint density at radius 3 is 2.50 bits per heavy atom. The first-order valence-electron chi connectivity index (χ1n) is 10.6. The fourth-order valence-corrected chi connectivity index (χ4v) is 5.29. The van der Waals surface area contributed by atoms with Gasteiger partial charge in [-0.2, -0.15) is 0 Å². The Bertz CT molecular complexity index is 1210. The Kier molecular flexibility index (Phi) is 6.16. The Morgan fingerprint density at radius 2 is 1.84 bits per heavy atom. The normalized spacial score (nSPS) is 15.7. The maximum atomic E-state index is 13.2. The second-order valence-corrected chi connectivity index (χ2v) is 9.68. The first kappa shape index (κ1) is 22.2. The molecule has 170 valence electrons. The third-order valence-corrected chi connectivity index (χ3v) is 7.51. The minimum absolute atomic E-state index is 0.0919. The summed E-state index contributed by atoms with van der Waals surface area (Å²) < 4.78 is 32.7.